The fraction of sp³-hybridized carbons (Fsp3) is 0.400. The van der Waals surface area contributed by atoms with Crippen LogP contribution in [0.15, 0.2) is 42.7 Å². The van der Waals surface area contributed by atoms with Crippen LogP contribution in [0.4, 0.5) is 0 Å². The van der Waals surface area contributed by atoms with Gasteiger partial charge in [-0.1, -0.05) is 32.0 Å². The Hall–Kier alpha value is -1.61. The first-order chi connectivity index (χ1) is 8.64. The molecular formula is C15H19N3. The van der Waals surface area contributed by atoms with Crippen LogP contribution in [0.3, 0.4) is 0 Å². The number of hydrogen-bond acceptors (Lipinski definition) is 2. The zero-order valence-corrected chi connectivity index (χ0v) is 10.9. The molecule has 1 fully saturated rings. The fourth-order valence-electron chi connectivity index (χ4n) is 3.07. The van der Waals surface area contributed by atoms with Crippen molar-refractivity contribution >= 4 is 0 Å². The third-order valence-electron chi connectivity index (χ3n) is 4.29. The van der Waals surface area contributed by atoms with Crippen molar-refractivity contribution in [1.29, 1.82) is 0 Å². The number of nitrogens with two attached hydrogens (primary N) is 1. The molecule has 18 heavy (non-hydrogen) atoms. The molecule has 3 heteroatoms. The van der Waals surface area contributed by atoms with Gasteiger partial charge >= 0.3 is 0 Å². The normalized spacial score (nSPS) is 25.1. The molecule has 0 radical (unpaired) electrons. The lowest BCUT2D eigenvalue weighted by Crippen LogP contribution is -2.05. The van der Waals surface area contributed by atoms with Gasteiger partial charge in [-0.3, -0.25) is 0 Å². The summed E-state index contributed by atoms with van der Waals surface area (Å²) in [7, 11) is 0. The number of benzene rings is 1. The largest absolute Gasteiger partial charge is 0.330 e. The molecule has 0 amide bonds. The van der Waals surface area contributed by atoms with Gasteiger partial charge in [0.2, 0.25) is 0 Å². The molecule has 0 spiro atoms. The Kier molecular flexibility index (Phi) is 2.52. The SMILES string of the molecule is CC1(C)[C@@H](CN)[C@@H]1c1cnn(-c2ccccc2)c1. The van der Waals surface area contributed by atoms with Crippen LogP contribution in [-0.2, 0) is 0 Å². The van der Waals surface area contributed by atoms with E-state index in [4.69, 9.17) is 5.73 Å². The van der Waals surface area contributed by atoms with E-state index in [0.29, 0.717) is 17.3 Å². The van der Waals surface area contributed by atoms with E-state index in [9.17, 15) is 0 Å². The first kappa shape index (κ1) is 11.5. The van der Waals surface area contributed by atoms with Crippen LogP contribution in [0.5, 0.6) is 0 Å². The summed E-state index contributed by atoms with van der Waals surface area (Å²) in [5, 5.41) is 4.46. The standard InChI is InChI=1S/C15H19N3/c1-15(2)13(8-16)14(15)11-9-17-18(10-11)12-6-4-3-5-7-12/h3-7,9-10,13-14H,8,16H2,1-2H3/t13-,14-/m0/s1. The predicted molar refractivity (Wildman–Crippen MR) is 72.6 cm³/mol. The van der Waals surface area contributed by atoms with E-state index in [1.54, 1.807) is 0 Å². The summed E-state index contributed by atoms with van der Waals surface area (Å²) in [6, 6.07) is 10.2. The van der Waals surface area contributed by atoms with Gasteiger partial charge in [0.25, 0.3) is 0 Å². The van der Waals surface area contributed by atoms with Crippen LogP contribution in [-0.4, -0.2) is 16.3 Å². The highest BCUT2D eigenvalue weighted by Gasteiger charge is 2.57. The smallest absolute Gasteiger partial charge is 0.0645 e. The Balaban J connectivity index is 1.88. The van der Waals surface area contributed by atoms with Crippen LogP contribution in [0.25, 0.3) is 5.69 Å². The van der Waals surface area contributed by atoms with Crippen molar-refractivity contribution in [3.05, 3.63) is 48.3 Å². The molecule has 3 rings (SSSR count). The fourth-order valence-corrected chi connectivity index (χ4v) is 3.07. The lowest BCUT2D eigenvalue weighted by atomic mass is 10.1. The van der Waals surface area contributed by atoms with Crippen molar-refractivity contribution in [2.75, 3.05) is 6.54 Å². The van der Waals surface area contributed by atoms with Gasteiger partial charge < -0.3 is 5.73 Å². The number of hydrogen-bond donors (Lipinski definition) is 1. The van der Waals surface area contributed by atoms with E-state index in [-0.39, 0.29) is 0 Å². The van der Waals surface area contributed by atoms with E-state index < -0.39 is 0 Å². The molecule has 1 heterocycles. The number of para-hydroxylation sites is 1. The third-order valence-corrected chi connectivity index (χ3v) is 4.29. The molecular weight excluding hydrogens is 222 g/mol. The monoisotopic (exact) mass is 241 g/mol. The second-order valence-electron chi connectivity index (χ2n) is 5.70. The Morgan fingerprint density at radius 1 is 1.28 bits per heavy atom. The van der Waals surface area contributed by atoms with E-state index in [0.717, 1.165) is 12.2 Å². The van der Waals surface area contributed by atoms with Crippen molar-refractivity contribution < 1.29 is 0 Å². The molecule has 2 atom stereocenters. The van der Waals surface area contributed by atoms with E-state index in [1.807, 2.05) is 29.1 Å². The molecule has 2 aromatic rings. The van der Waals surface area contributed by atoms with Crippen molar-refractivity contribution in [3.63, 3.8) is 0 Å². The van der Waals surface area contributed by atoms with Gasteiger partial charge in [0.1, 0.15) is 0 Å². The lowest BCUT2D eigenvalue weighted by Gasteiger charge is -2.00. The molecule has 0 unspecified atom stereocenters. The molecule has 0 aliphatic heterocycles. The molecule has 1 aromatic heterocycles. The van der Waals surface area contributed by atoms with Crippen LogP contribution in [0.2, 0.25) is 0 Å². The molecule has 1 aromatic carbocycles. The van der Waals surface area contributed by atoms with Gasteiger partial charge in [-0.25, -0.2) is 4.68 Å². The highest BCUT2D eigenvalue weighted by molar-refractivity contribution is 5.34. The summed E-state index contributed by atoms with van der Waals surface area (Å²) in [5.41, 5.74) is 8.55. The van der Waals surface area contributed by atoms with Gasteiger partial charge in [-0.05, 0) is 41.5 Å². The summed E-state index contributed by atoms with van der Waals surface area (Å²) >= 11 is 0. The summed E-state index contributed by atoms with van der Waals surface area (Å²) in [5.74, 6) is 1.14. The van der Waals surface area contributed by atoms with Crippen molar-refractivity contribution in [3.8, 4) is 5.69 Å². The van der Waals surface area contributed by atoms with Crippen molar-refractivity contribution in [2.45, 2.75) is 19.8 Å². The van der Waals surface area contributed by atoms with Gasteiger partial charge in [-0.2, -0.15) is 5.10 Å². The molecule has 0 bridgehead atoms. The molecule has 94 valence electrons. The van der Waals surface area contributed by atoms with Crippen LogP contribution in [0, 0.1) is 11.3 Å². The Bertz CT molecular complexity index is 542. The van der Waals surface area contributed by atoms with Gasteiger partial charge in [0.05, 0.1) is 11.9 Å². The minimum Gasteiger partial charge on any atom is -0.330 e. The van der Waals surface area contributed by atoms with Crippen LogP contribution in [0.1, 0.15) is 25.3 Å². The minimum atomic E-state index is 0.319. The zero-order chi connectivity index (χ0) is 12.8. The number of aromatic nitrogens is 2. The number of nitrogens with zero attached hydrogens (tertiary/aromatic N) is 2. The summed E-state index contributed by atoms with van der Waals surface area (Å²) in [6.45, 7) is 5.33. The van der Waals surface area contributed by atoms with Crippen molar-refractivity contribution in [1.82, 2.24) is 9.78 Å². The van der Waals surface area contributed by atoms with Gasteiger partial charge in [0, 0.05) is 6.20 Å². The Morgan fingerprint density at radius 2 is 2.00 bits per heavy atom. The lowest BCUT2D eigenvalue weighted by molar-refractivity contribution is 0.558. The summed E-state index contributed by atoms with van der Waals surface area (Å²) in [6.07, 6.45) is 4.12. The maximum atomic E-state index is 5.83. The van der Waals surface area contributed by atoms with Crippen molar-refractivity contribution in [2.24, 2.45) is 17.1 Å². The highest BCUT2D eigenvalue weighted by Crippen LogP contribution is 2.63. The predicted octanol–water partition coefficient (Wildman–Crippen LogP) is 2.57. The number of rotatable bonds is 3. The first-order valence-electron chi connectivity index (χ1n) is 6.44. The maximum Gasteiger partial charge on any atom is 0.0645 e. The minimum absolute atomic E-state index is 0.319. The van der Waals surface area contributed by atoms with E-state index in [1.165, 1.54) is 5.56 Å². The second kappa shape index (κ2) is 3.95. The zero-order valence-electron chi connectivity index (χ0n) is 10.9. The van der Waals surface area contributed by atoms with Crippen LogP contribution >= 0.6 is 0 Å². The van der Waals surface area contributed by atoms with E-state index >= 15 is 0 Å². The summed E-state index contributed by atoms with van der Waals surface area (Å²) in [4.78, 5) is 0. The Morgan fingerprint density at radius 3 is 2.61 bits per heavy atom. The van der Waals surface area contributed by atoms with Gasteiger partial charge in [0.15, 0.2) is 0 Å². The maximum absolute atomic E-state index is 5.83. The average molecular weight is 241 g/mol. The highest BCUT2D eigenvalue weighted by atomic mass is 15.3. The first-order valence-corrected chi connectivity index (χ1v) is 6.44. The van der Waals surface area contributed by atoms with Gasteiger partial charge in [-0.15, -0.1) is 0 Å². The van der Waals surface area contributed by atoms with E-state index in [2.05, 4.69) is 37.3 Å². The molecule has 3 nitrogen and oxygen atoms in total. The average Bonchev–Trinajstić information content (AvgIpc) is 2.77. The second-order valence-corrected chi connectivity index (χ2v) is 5.70. The molecule has 1 saturated carbocycles. The quantitative estimate of drug-likeness (QED) is 0.897. The molecule has 2 N–H and O–H groups in total. The van der Waals surface area contributed by atoms with Crippen LogP contribution < -0.4 is 5.73 Å². The molecule has 1 aliphatic rings. The topological polar surface area (TPSA) is 43.8 Å². The molecule has 0 saturated heterocycles. The Labute approximate surface area is 108 Å². The third kappa shape index (κ3) is 1.66. The molecule has 1 aliphatic carbocycles. The summed E-state index contributed by atoms with van der Waals surface area (Å²) < 4.78 is 1.94.